The minimum Gasteiger partial charge on any atom is -0.504 e. The first-order valence-electron chi connectivity index (χ1n) is 9.02. The average Bonchev–Trinajstić information content (AvgIpc) is 3.25. The van der Waals surface area contributed by atoms with Gasteiger partial charge in [0.15, 0.2) is 23.0 Å². The Hall–Kier alpha value is -3.02. The van der Waals surface area contributed by atoms with E-state index in [1.807, 2.05) is 38.1 Å². The van der Waals surface area contributed by atoms with E-state index in [1.54, 1.807) is 6.07 Å². The van der Waals surface area contributed by atoms with Crippen LogP contribution in [0.5, 0.6) is 34.5 Å². The van der Waals surface area contributed by atoms with E-state index in [0.717, 1.165) is 16.7 Å². The molecule has 1 N–H and O–H groups in total. The Morgan fingerprint density at radius 1 is 1.00 bits per heavy atom. The second kappa shape index (κ2) is 4.82. The fraction of sp³-hybridized carbons (Fsp3) is 0.333. The molecule has 0 fully saturated rings. The van der Waals surface area contributed by atoms with Gasteiger partial charge in [0.2, 0.25) is 12.5 Å². The molecule has 2 aromatic carbocycles. The summed E-state index contributed by atoms with van der Waals surface area (Å²) in [5.41, 5.74) is 2.14. The number of phenols is 1. The molecule has 4 aliphatic heterocycles. The molecule has 2 aromatic rings. The molecule has 4 heterocycles. The lowest BCUT2D eigenvalue weighted by atomic mass is 9.87. The largest absolute Gasteiger partial charge is 0.504 e. The van der Waals surface area contributed by atoms with Crippen LogP contribution in [0.15, 0.2) is 24.3 Å². The van der Waals surface area contributed by atoms with E-state index in [0.29, 0.717) is 35.4 Å². The van der Waals surface area contributed by atoms with Crippen molar-refractivity contribution in [1.82, 2.24) is 0 Å². The number of benzene rings is 2. The van der Waals surface area contributed by atoms with Crippen molar-refractivity contribution in [3.05, 3.63) is 41.0 Å². The van der Waals surface area contributed by atoms with E-state index < -0.39 is 5.60 Å². The van der Waals surface area contributed by atoms with Gasteiger partial charge in [0, 0.05) is 11.1 Å². The second-order valence-electron chi connectivity index (χ2n) is 7.77. The van der Waals surface area contributed by atoms with Crippen molar-refractivity contribution in [3.63, 3.8) is 0 Å². The highest BCUT2D eigenvalue weighted by atomic mass is 16.7. The van der Waals surface area contributed by atoms with Gasteiger partial charge in [-0.15, -0.1) is 0 Å². The molecule has 0 bridgehead atoms. The quantitative estimate of drug-likeness (QED) is 0.762. The third-order valence-corrected chi connectivity index (χ3v) is 5.54. The fourth-order valence-corrected chi connectivity index (χ4v) is 4.27. The predicted octanol–water partition coefficient (Wildman–Crippen LogP) is 3.91. The Kier molecular flexibility index (Phi) is 2.69. The molecule has 6 nitrogen and oxygen atoms in total. The topological polar surface area (TPSA) is 66.4 Å². The lowest BCUT2D eigenvalue weighted by molar-refractivity contribution is 0.127. The first kappa shape index (κ1) is 15.1. The summed E-state index contributed by atoms with van der Waals surface area (Å²) in [5.74, 6) is 3.34. The smallest absolute Gasteiger partial charge is 0.231 e. The SMILES string of the molecule is CC1(C)C=Cc2c(c(O)cc3c2OCC2c4ccc5c(c4OC32)OCO5)O1. The van der Waals surface area contributed by atoms with Crippen LogP contribution in [-0.2, 0) is 0 Å². The number of aromatic hydroxyl groups is 1. The van der Waals surface area contributed by atoms with Gasteiger partial charge in [-0.1, -0.05) is 6.07 Å². The number of hydrogen-bond acceptors (Lipinski definition) is 6. The lowest BCUT2D eigenvalue weighted by Crippen LogP contribution is -2.29. The Bertz CT molecular complexity index is 1020. The standard InChI is InChI=1S/C21H18O6/c1-21(2)6-5-11-16-12(7-14(22)18(11)27-21)17-13(8-23-16)10-3-4-15-20(19(10)26-17)25-9-24-15/h3-7,13,17,22H,8-9H2,1-2H3. The molecule has 2 atom stereocenters. The molecule has 6 heteroatoms. The van der Waals surface area contributed by atoms with Gasteiger partial charge in [0.1, 0.15) is 17.5 Å². The van der Waals surface area contributed by atoms with E-state index in [1.165, 1.54) is 0 Å². The van der Waals surface area contributed by atoms with Crippen LogP contribution in [0, 0.1) is 0 Å². The van der Waals surface area contributed by atoms with Gasteiger partial charge < -0.3 is 28.8 Å². The van der Waals surface area contributed by atoms with Crippen LogP contribution >= 0.6 is 0 Å². The van der Waals surface area contributed by atoms with Gasteiger partial charge in [-0.2, -0.15) is 0 Å². The molecule has 0 saturated carbocycles. The summed E-state index contributed by atoms with van der Waals surface area (Å²) in [6, 6.07) is 5.61. The Balaban J connectivity index is 1.49. The summed E-state index contributed by atoms with van der Waals surface area (Å²) in [6.45, 7) is 4.58. The molecular formula is C21H18O6. The van der Waals surface area contributed by atoms with Gasteiger partial charge in [-0.05, 0) is 38.1 Å². The number of fused-ring (bicyclic) bond motifs is 9. The average molecular weight is 366 g/mol. The van der Waals surface area contributed by atoms with Gasteiger partial charge in [0.05, 0.1) is 18.1 Å². The molecule has 0 radical (unpaired) electrons. The minimum atomic E-state index is -0.478. The summed E-state index contributed by atoms with van der Waals surface area (Å²) < 4.78 is 29.5. The molecule has 0 saturated heterocycles. The van der Waals surface area contributed by atoms with Gasteiger partial charge in [-0.25, -0.2) is 0 Å². The van der Waals surface area contributed by atoms with E-state index in [9.17, 15) is 5.11 Å². The molecule has 138 valence electrons. The Morgan fingerprint density at radius 2 is 1.89 bits per heavy atom. The number of phenolic OH excluding ortho intramolecular Hbond substituents is 1. The highest BCUT2D eigenvalue weighted by molar-refractivity contribution is 5.74. The zero-order valence-corrected chi connectivity index (χ0v) is 14.9. The molecule has 0 amide bonds. The van der Waals surface area contributed by atoms with Crippen LogP contribution in [0.1, 0.15) is 42.6 Å². The number of rotatable bonds is 0. The van der Waals surface area contributed by atoms with Crippen LogP contribution in [0.2, 0.25) is 0 Å². The fourth-order valence-electron chi connectivity index (χ4n) is 4.27. The highest BCUT2D eigenvalue weighted by Gasteiger charge is 2.45. The van der Waals surface area contributed by atoms with Crippen molar-refractivity contribution in [2.45, 2.75) is 31.5 Å². The zero-order chi connectivity index (χ0) is 18.3. The normalized spacial score (nSPS) is 24.7. The maximum Gasteiger partial charge on any atom is 0.231 e. The van der Waals surface area contributed by atoms with E-state index in [-0.39, 0.29) is 24.6 Å². The molecule has 6 rings (SSSR count). The molecule has 27 heavy (non-hydrogen) atoms. The van der Waals surface area contributed by atoms with Crippen molar-refractivity contribution >= 4 is 6.08 Å². The van der Waals surface area contributed by atoms with Crippen molar-refractivity contribution in [3.8, 4) is 34.5 Å². The first-order chi connectivity index (χ1) is 13.0. The molecule has 2 unspecified atom stereocenters. The molecule has 4 aliphatic rings. The highest BCUT2D eigenvalue weighted by Crippen LogP contribution is 2.59. The number of hydrogen-bond donors (Lipinski definition) is 1. The van der Waals surface area contributed by atoms with Gasteiger partial charge in [-0.3, -0.25) is 0 Å². The monoisotopic (exact) mass is 366 g/mol. The predicted molar refractivity (Wildman–Crippen MR) is 96.0 cm³/mol. The van der Waals surface area contributed by atoms with Crippen LogP contribution < -0.4 is 23.7 Å². The molecule has 0 spiro atoms. The Morgan fingerprint density at radius 3 is 2.78 bits per heavy atom. The lowest BCUT2D eigenvalue weighted by Gasteiger charge is -2.33. The van der Waals surface area contributed by atoms with Crippen LogP contribution in [0.3, 0.4) is 0 Å². The minimum absolute atomic E-state index is 0.0318. The van der Waals surface area contributed by atoms with E-state index in [2.05, 4.69) is 0 Å². The van der Waals surface area contributed by atoms with E-state index >= 15 is 0 Å². The van der Waals surface area contributed by atoms with Crippen LogP contribution in [-0.4, -0.2) is 24.1 Å². The van der Waals surface area contributed by atoms with Crippen molar-refractivity contribution in [2.24, 2.45) is 0 Å². The summed E-state index contributed by atoms with van der Waals surface area (Å²) in [5, 5.41) is 10.6. The molecular weight excluding hydrogens is 348 g/mol. The van der Waals surface area contributed by atoms with Gasteiger partial charge in [0.25, 0.3) is 0 Å². The molecule has 0 aromatic heterocycles. The van der Waals surface area contributed by atoms with Crippen LogP contribution in [0.25, 0.3) is 6.08 Å². The summed E-state index contributed by atoms with van der Waals surface area (Å²) >= 11 is 0. The van der Waals surface area contributed by atoms with Crippen LogP contribution in [0.4, 0.5) is 0 Å². The third-order valence-electron chi connectivity index (χ3n) is 5.54. The Labute approximate surface area is 155 Å². The van der Waals surface area contributed by atoms with Crippen molar-refractivity contribution < 1.29 is 28.8 Å². The summed E-state index contributed by atoms with van der Waals surface area (Å²) in [4.78, 5) is 0. The molecule has 0 aliphatic carbocycles. The zero-order valence-electron chi connectivity index (χ0n) is 14.9. The first-order valence-corrected chi connectivity index (χ1v) is 9.02. The third kappa shape index (κ3) is 1.95. The maximum absolute atomic E-state index is 10.6. The van der Waals surface area contributed by atoms with Gasteiger partial charge >= 0.3 is 0 Å². The maximum atomic E-state index is 10.6. The van der Waals surface area contributed by atoms with Crippen molar-refractivity contribution in [2.75, 3.05) is 13.4 Å². The second-order valence-corrected chi connectivity index (χ2v) is 7.77. The number of ether oxygens (including phenoxy) is 5. The summed E-state index contributed by atoms with van der Waals surface area (Å²) in [6.07, 6.45) is 3.67. The van der Waals surface area contributed by atoms with Crippen molar-refractivity contribution in [1.29, 1.82) is 0 Å². The summed E-state index contributed by atoms with van der Waals surface area (Å²) in [7, 11) is 0. The van der Waals surface area contributed by atoms with E-state index in [4.69, 9.17) is 23.7 Å².